The number of nitrogens with zero attached hydrogens (tertiary/aromatic N) is 2. The van der Waals surface area contributed by atoms with Crippen molar-refractivity contribution in [3.63, 3.8) is 0 Å². The van der Waals surface area contributed by atoms with Gasteiger partial charge in [-0.3, -0.25) is 0 Å². The lowest BCUT2D eigenvalue weighted by Gasteiger charge is -2.15. The summed E-state index contributed by atoms with van der Waals surface area (Å²) >= 11 is 0. The molecule has 2 aromatic rings. The fourth-order valence-corrected chi connectivity index (χ4v) is 2.01. The van der Waals surface area contributed by atoms with Gasteiger partial charge < -0.3 is 10.6 Å². The van der Waals surface area contributed by atoms with Gasteiger partial charge in [0, 0.05) is 18.5 Å². The van der Waals surface area contributed by atoms with Crippen LogP contribution in [0.15, 0.2) is 18.2 Å². The monoisotopic (exact) mass is 288 g/mol. The fraction of sp³-hybridized carbons (Fsp3) is 0.375. The van der Waals surface area contributed by atoms with Crippen LogP contribution in [0.3, 0.4) is 0 Å². The zero-order valence-electron chi connectivity index (χ0n) is 13.1. The van der Waals surface area contributed by atoms with Crippen LogP contribution in [0.4, 0.5) is 21.7 Å². The summed E-state index contributed by atoms with van der Waals surface area (Å²) in [6.07, 6.45) is 0. The summed E-state index contributed by atoms with van der Waals surface area (Å²) in [7, 11) is 1.82. The summed E-state index contributed by atoms with van der Waals surface area (Å²) in [4.78, 5) is 8.98. The van der Waals surface area contributed by atoms with Gasteiger partial charge in [-0.15, -0.1) is 0 Å². The number of hydrogen-bond acceptors (Lipinski definition) is 4. The summed E-state index contributed by atoms with van der Waals surface area (Å²) in [5, 5.41) is 6.13. The summed E-state index contributed by atoms with van der Waals surface area (Å²) < 4.78 is 14.0. The molecule has 21 heavy (non-hydrogen) atoms. The highest BCUT2D eigenvalue weighted by molar-refractivity contribution is 5.65. The Balaban J connectivity index is 2.45. The summed E-state index contributed by atoms with van der Waals surface area (Å²) in [5.41, 5.74) is 2.16. The van der Waals surface area contributed by atoms with Crippen LogP contribution in [-0.4, -0.2) is 17.0 Å². The molecule has 0 saturated heterocycles. The average Bonchev–Trinajstić information content (AvgIpc) is 2.43. The van der Waals surface area contributed by atoms with Gasteiger partial charge in [-0.1, -0.05) is 19.9 Å². The minimum atomic E-state index is -0.287. The Bertz CT molecular complexity index is 653. The molecule has 0 atom stereocenters. The van der Waals surface area contributed by atoms with Crippen molar-refractivity contribution in [2.75, 3.05) is 17.7 Å². The van der Waals surface area contributed by atoms with Crippen LogP contribution >= 0.6 is 0 Å². The third-order valence-electron chi connectivity index (χ3n) is 3.29. The molecule has 1 aromatic carbocycles. The molecule has 112 valence electrons. The summed E-state index contributed by atoms with van der Waals surface area (Å²) in [5.74, 6) is 2.01. The Morgan fingerprint density at radius 3 is 2.33 bits per heavy atom. The first-order chi connectivity index (χ1) is 9.92. The first-order valence-corrected chi connectivity index (χ1v) is 7.01. The van der Waals surface area contributed by atoms with Crippen molar-refractivity contribution in [1.29, 1.82) is 0 Å². The van der Waals surface area contributed by atoms with Crippen LogP contribution in [-0.2, 0) is 0 Å². The third kappa shape index (κ3) is 3.29. The molecule has 0 bridgehead atoms. The molecule has 1 aromatic heterocycles. The molecule has 4 nitrogen and oxygen atoms in total. The second-order valence-electron chi connectivity index (χ2n) is 5.42. The quantitative estimate of drug-likeness (QED) is 0.887. The molecule has 0 aliphatic heterocycles. The van der Waals surface area contributed by atoms with Crippen LogP contribution in [0.1, 0.15) is 36.7 Å². The summed E-state index contributed by atoms with van der Waals surface area (Å²) in [6.45, 7) is 7.82. The largest absolute Gasteiger partial charge is 0.373 e. The lowest BCUT2D eigenvalue weighted by Crippen LogP contribution is -2.08. The smallest absolute Gasteiger partial charge is 0.146 e. The first kappa shape index (κ1) is 15.2. The molecule has 0 aliphatic rings. The zero-order chi connectivity index (χ0) is 15.6. The lowest BCUT2D eigenvalue weighted by atomic mass is 10.2. The van der Waals surface area contributed by atoms with E-state index in [9.17, 15) is 4.39 Å². The van der Waals surface area contributed by atoms with Gasteiger partial charge in [0.1, 0.15) is 23.3 Å². The first-order valence-electron chi connectivity index (χ1n) is 7.01. The number of benzene rings is 1. The highest BCUT2D eigenvalue weighted by Gasteiger charge is 2.13. The summed E-state index contributed by atoms with van der Waals surface area (Å²) in [6, 6.07) is 5.09. The Hall–Kier alpha value is -2.17. The molecule has 2 rings (SSSR count). The zero-order valence-corrected chi connectivity index (χ0v) is 13.1. The number of aryl methyl sites for hydroxylation is 1. The Labute approximate surface area is 124 Å². The second-order valence-corrected chi connectivity index (χ2v) is 5.42. The normalized spacial score (nSPS) is 10.8. The van der Waals surface area contributed by atoms with Crippen molar-refractivity contribution in [2.24, 2.45) is 0 Å². The van der Waals surface area contributed by atoms with E-state index in [0.29, 0.717) is 11.5 Å². The van der Waals surface area contributed by atoms with Crippen LogP contribution in [0.5, 0.6) is 0 Å². The molecule has 0 saturated carbocycles. The van der Waals surface area contributed by atoms with Crippen LogP contribution < -0.4 is 10.6 Å². The maximum atomic E-state index is 14.0. The molecule has 0 aliphatic carbocycles. The number of rotatable bonds is 4. The van der Waals surface area contributed by atoms with Crippen molar-refractivity contribution >= 4 is 17.3 Å². The predicted molar refractivity (Wildman–Crippen MR) is 84.8 cm³/mol. The van der Waals surface area contributed by atoms with Gasteiger partial charge >= 0.3 is 0 Å². The van der Waals surface area contributed by atoms with E-state index in [0.717, 1.165) is 22.8 Å². The van der Waals surface area contributed by atoms with E-state index < -0.39 is 0 Å². The van der Waals surface area contributed by atoms with E-state index in [-0.39, 0.29) is 11.7 Å². The molecule has 0 amide bonds. The van der Waals surface area contributed by atoms with E-state index in [1.807, 2.05) is 40.8 Å². The topological polar surface area (TPSA) is 49.8 Å². The number of halogens is 1. The molecule has 0 radical (unpaired) electrons. The van der Waals surface area contributed by atoms with Crippen molar-refractivity contribution in [2.45, 2.75) is 33.6 Å². The van der Waals surface area contributed by atoms with Gasteiger partial charge in [-0.25, -0.2) is 14.4 Å². The average molecular weight is 288 g/mol. The fourth-order valence-electron chi connectivity index (χ4n) is 2.01. The number of hydrogen-bond donors (Lipinski definition) is 2. The Morgan fingerprint density at radius 1 is 1.10 bits per heavy atom. The molecule has 0 fully saturated rings. The minimum Gasteiger partial charge on any atom is -0.373 e. The molecule has 0 unspecified atom stereocenters. The van der Waals surface area contributed by atoms with E-state index in [4.69, 9.17) is 0 Å². The standard InChI is InChI=1S/C16H21FN4/c1-9(2)14-20-15(18-5)11(4)16(21-14)19-13-7-6-10(3)8-12(13)17/h6-9H,1-5H3,(H2,18,19,20,21). The molecule has 1 heterocycles. The SMILES string of the molecule is CNc1nc(C(C)C)nc(Nc2ccc(C)cc2F)c1C. The molecular weight excluding hydrogens is 267 g/mol. The van der Waals surface area contributed by atoms with Crippen molar-refractivity contribution in [3.05, 3.63) is 41.0 Å². The number of anilines is 3. The van der Waals surface area contributed by atoms with E-state index in [1.54, 1.807) is 6.07 Å². The van der Waals surface area contributed by atoms with Gasteiger partial charge in [0.05, 0.1) is 5.69 Å². The molecular formula is C16H21FN4. The van der Waals surface area contributed by atoms with Crippen molar-refractivity contribution < 1.29 is 4.39 Å². The third-order valence-corrected chi connectivity index (χ3v) is 3.29. The van der Waals surface area contributed by atoms with Crippen molar-refractivity contribution in [1.82, 2.24) is 9.97 Å². The highest BCUT2D eigenvalue weighted by Crippen LogP contribution is 2.27. The van der Waals surface area contributed by atoms with E-state index in [1.165, 1.54) is 6.07 Å². The predicted octanol–water partition coefficient (Wildman–Crippen LogP) is 4.14. The highest BCUT2D eigenvalue weighted by atomic mass is 19.1. The van der Waals surface area contributed by atoms with Gasteiger partial charge in [0.25, 0.3) is 0 Å². The van der Waals surface area contributed by atoms with E-state index in [2.05, 4.69) is 20.6 Å². The van der Waals surface area contributed by atoms with Gasteiger partial charge in [0.2, 0.25) is 0 Å². The second kappa shape index (κ2) is 6.08. The van der Waals surface area contributed by atoms with Crippen LogP contribution in [0, 0.1) is 19.7 Å². The molecule has 0 spiro atoms. The van der Waals surface area contributed by atoms with Crippen molar-refractivity contribution in [3.8, 4) is 0 Å². The Kier molecular flexibility index (Phi) is 4.40. The lowest BCUT2D eigenvalue weighted by molar-refractivity contribution is 0.630. The molecule has 2 N–H and O–H groups in total. The van der Waals surface area contributed by atoms with Gasteiger partial charge in [0.15, 0.2) is 0 Å². The maximum absolute atomic E-state index is 14.0. The van der Waals surface area contributed by atoms with E-state index >= 15 is 0 Å². The Morgan fingerprint density at radius 2 is 1.76 bits per heavy atom. The van der Waals surface area contributed by atoms with Crippen LogP contribution in [0.2, 0.25) is 0 Å². The minimum absolute atomic E-state index is 0.195. The van der Waals surface area contributed by atoms with Crippen LogP contribution in [0.25, 0.3) is 0 Å². The number of aromatic nitrogens is 2. The van der Waals surface area contributed by atoms with Gasteiger partial charge in [-0.2, -0.15) is 0 Å². The molecule has 5 heteroatoms. The number of nitrogens with one attached hydrogen (secondary N) is 2. The van der Waals surface area contributed by atoms with Gasteiger partial charge in [-0.05, 0) is 31.5 Å². The maximum Gasteiger partial charge on any atom is 0.146 e.